The van der Waals surface area contributed by atoms with Crippen LogP contribution in [0.25, 0.3) is 0 Å². The minimum Gasteiger partial charge on any atom is -0.323 e. The van der Waals surface area contributed by atoms with Gasteiger partial charge < -0.3 is 5.32 Å². The van der Waals surface area contributed by atoms with Crippen LogP contribution in [-0.4, -0.2) is 29.9 Å². The molecule has 1 N–H and O–H groups in total. The Hall–Kier alpha value is -0.970. The van der Waals surface area contributed by atoms with E-state index in [9.17, 15) is 4.79 Å². The first-order chi connectivity index (χ1) is 6.52. The minimum absolute atomic E-state index is 0.164. The molecule has 0 aromatic carbocycles. The number of carbonyl (C=O) groups excluding carboxylic acids is 1. The Kier molecular flexibility index (Phi) is 6.03. The predicted molar refractivity (Wildman–Crippen MR) is 60.8 cm³/mol. The molecule has 0 spiro atoms. The van der Waals surface area contributed by atoms with Gasteiger partial charge in [-0.1, -0.05) is 11.2 Å². The van der Waals surface area contributed by atoms with Crippen molar-refractivity contribution >= 4 is 24.1 Å². The molecular weight excluding hydrogens is 200 g/mol. The van der Waals surface area contributed by atoms with Crippen molar-refractivity contribution in [2.75, 3.05) is 12.8 Å². The van der Waals surface area contributed by atoms with E-state index < -0.39 is 6.09 Å². The van der Waals surface area contributed by atoms with Crippen molar-refractivity contribution in [3.05, 3.63) is 12.7 Å². The van der Waals surface area contributed by atoms with Crippen molar-refractivity contribution in [1.82, 2.24) is 5.32 Å². The molecule has 80 valence electrons. The minimum atomic E-state index is -0.564. The maximum atomic E-state index is 10.6. The lowest BCUT2D eigenvalue weighted by Crippen LogP contribution is -2.20. The van der Waals surface area contributed by atoms with E-state index in [-0.39, 0.29) is 4.75 Å². The summed E-state index contributed by atoms with van der Waals surface area (Å²) in [6.45, 7) is 7.59. The zero-order valence-corrected chi connectivity index (χ0v) is 9.56. The Morgan fingerprint density at radius 2 is 2.36 bits per heavy atom. The van der Waals surface area contributed by atoms with Crippen LogP contribution in [-0.2, 0) is 4.84 Å². The lowest BCUT2D eigenvalue weighted by atomic mass is 10.2. The highest BCUT2D eigenvalue weighted by Gasteiger charge is 2.14. The summed E-state index contributed by atoms with van der Waals surface area (Å²) in [7, 11) is 1.48. The number of carbonyl (C=O) groups is 1. The van der Waals surface area contributed by atoms with Gasteiger partial charge in [0.1, 0.15) is 0 Å². The molecule has 0 aromatic rings. The Bertz CT molecular complexity index is 227. The van der Waals surface area contributed by atoms with E-state index in [1.165, 1.54) is 7.05 Å². The van der Waals surface area contributed by atoms with Crippen molar-refractivity contribution in [2.45, 2.75) is 18.6 Å². The van der Waals surface area contributed by atoms with Gasteiger partial charge in [0.05, 0.1) is 6.21 Å². The molecule has 4 nitrogen and oxygen atoms in total. The fraction of sp³-hybridized carbons (Fsp3) is 0.556. The SMILES string of the molecule is C=CCSC(C)(C)C=NOC(=O)NC. The molecule has 0 aliphatic carbocycles. The summed E-state index contributed by atoms with van der Waals surface area (Å²) >= 11 is 1.66. The van der Waals surface area contributed by atoms with Crippen LogP contribution in [0.1, 0.15) is 13.8 Å². The van der Waals surface area contributed by atoms with Crippen LogP contribution in [0.2, 0.25) is 0 Å². The van der Waals surface area contributed by atoms with Gasteiger partial charge >= 0.3 is 6.09 Å². The van der Waals surface area contributed by atoms with Gasteiger partial charge in [0.2, 0.25) is 0 Å². The molecule has 0 radical (unpaired) electrons. The highest BCUT2D eigenvalue weighted by molar-refractivity contribution is 8.01. The summed E-state index contributed by atoms with van der Waals surface area (Å²) in [5, 5.41) is 5.87. The van der Waals surface area contributed by atoms with Crippen LogP contribution in [0.3, 0.4) is 0 Å². The van der Waals surface area contributed by atoms with Crippen molar-refractivity contribution < 1.29 is 9.63 Å². The van der Waals surface area contributed by atoms with E-state index in [0.717, 1.165) is 5.75 Å². The first kappa shape index (κ1) is 13.0. The number of nitrogens with zero attached hydrogens (tertiary/aromatic N) is 1. The Morgan fingerprint density at radius 1 is 1.71 bits per heavy atom. The molecule has 0 saturated carbocycles. The molecule has 0 aromatic heterocycles. The molecule has 0 heterocycles. The second-order valence-corrected chi connectivity index (χ2v) is 4.74. The predicted octanol–water partition coefficient (Wildman–Crippen LogP) is 2.03. The standard InChI is InChI=1S/C9H16N2O2S/c1-5-6-14-9(2,3)7-11-13-8(12)10-4/h5,7H,1,6H2,2-4H3,(H,10,12). The maximum absolute atomic E-state index is 10.6. The molecule has 0 rings (SSSR count). The summed E-state index contributed by atoms with van der Waals surface area (Å²) in [6, 6.07) is 0. The van der Waals surface area contributed by atoms with Gasteiger partial charge in [0, 0.05) is 17.5 Å². The number of amides is 1. The van der Waals surface area contributed by atoms with Gasteiger partial charge in [0.15, 0.2) is 0 Å². The molecule has 0 bridgehead atoms. The Labute approximate surface area is 88.8 Å². The van der Waals surface area contributed by atoms with Crippen LogP contribution < -0.4 is 5.32 Å². The summed E-state index contributed by atoms with van der Waals surface area (Å²) < 4.78 is -0.164. The molecule has 0 fully saturated rings. The molecule has 0 saturated heterocycles. The highest BCUT2D eigenvalue weighted by atomic mass is 32.2. The zero-order chi connectivity index (χ0) is 11.0. The van der Waals surface area contributed by atoms with E-state index in [4.69, 9.17) is 0 Å². The molecule has 0 aliphatic heterocycles. The summed E-state index contributed by atoms with van der Waals surface area (Å²) in [5.41, 5.74) is 0. The van der Waals surface area contributed by atoms with Gasteiger partial charge in [-0.2, -0.15) is 0 Å². The second kappa shape index (κ2) is 6.48. The monoisotopic (exact) mass is 216 g/mol. The smallest absolute Gasteiger partial charge is 0.323 e. The molecule has 5 heteroatoms. The van der Waals surface area contributed by atoms with Crippen molar-refractivity contribution in [3.63, 3.8) is 0 Å². The molecular formula is C9H16N2O2S. The van der Waals surface area contributed by atoms with E-state index in [2.05, 4.69) is 21.9 Å². The average molecular weight is 216 g/mol. The van der Waals surface area contributed by atoms with Crippen LogP contribution >= 0.6 is 11.8 Å². The fourth-order valence-corrected chi connectivity index (χ4v) is 1.22. The van der Waals surface area contributed by atoms with Crippen LogP contribution in [0.5, 0.6) is 0 Å². The van der Waals surface area contributed by atoms with Gasteiger partial charge in [-0.25, -0.2) is 4.79 Å². The molecule has 0 unspecified atom stereocenters. The third-order valence-corrected chi connectivity index (χ3v) is 2.53. The lowest BCUT2D eigenvalue weighted by Gasteiger charge is -2.16. The van der Waals surface area contributed by atoms with E-state index in [1.54, 1.807) is 18.0 Å². The normalized spacial score (nSPS) is 11.4. The second-order valence-electron chi connectivity index (χ2n) is 3.07. The van der Waals surface area contributed by atoms with Crippen LogP contribution in [0.15, 0.2) is 17.8 Å². The van der Waals surface area contributed by atoms with E-state index in [1.807, 2.05) is 19.9 Å². The van der Waals surface area contributed by atoms with Gasteiger partial charge in [-0.15, -0.1) is 18.3 Å². The molecule has 0 atom stereocenters. The topological polar surface area (TPSA) is 50.7 Å². The maximum Gasteiger partial charge on any atom is 0.433 e. The molecule has 1 amide bonds. The fourth-order valence-electron chi connectivity index (χ4n) is 0.558. The summed E-state index contributed by atoms with van der Waals surface area (Å²) in [5.74, 6) is 0.832. The first-order valence-electron chi connectivity index (χ1n) is 4.20. The average Bonchev–Trinajstić information content (AvgIpc) is 2.14. The van der Waals surface area contributed by atoms with Gasteiger partial charge in [-0.3, -0.25) is 4.84 Å². The number of hydrogen-bond donors (Lipinski definition) is 1. The third kappa shape index (κ3) is 6.54. The number of hydrogen-bond acceptors (Lipinski definition) is 4. The number of thioether (sulfide) groups is 1. The van der Waals surface area contributed by atoms with Crippen molar-refractivity contribution in [1.29, 1.82) is 0 Å². The Balaban J connectivity index is 3.93. The Morgan fingerprint density at radius 3 is 2.86 bits per heavy atom. The number of oxime groups is 1. The largest absolute Gasteiger partial charge is 0.433 e. The van der Waals surface area contributed by atoms with Crippen LogP contribution in [0, 0.1) is 0 Å². The van der Waals surface area contributed by atoms with E-state index in [0.29, 0.717) is 0 Å². The zero-order valence-electron chi connectivity index (χ0n) is 8.74. The van der Waals surface area contributed by atoms with Crippen molar-refractivity contribution in [3.8, 4) is 0 Å². The number of nitrogens with one attached hydrogen (secondary N) is 1. The lowest BCUT2D eigenvalue weighted by molar-refractivity contribution is 0.153. The van der Waals surface area contributed by atoms with Gasteiger partial charge in [0.25, 0.3) is 0 Å². The third-order valence-electron chi connectivity index (χ3n) is 1.28. The number of rotatable bonds is 5. The quantitative estimate of drug-likeness (QED) is 0.331. The molecule has 0 aliphatic rings. The molecule has 14 heavy (non-hydrogen) atoms. The van der Waals surface area contributed by atoms with E-state index >= 15 is 0 Å². The highest BCUT2D eigenvalue weighted by Crippen LogP contribution is 2.21. The summed E-state index contributed by atoms with van der Waals surface area (Å²) in [4.78, 5) is 15.1. The van der Waals surface area contributed by atoms with Crippen molar-refractivity contribution in [2.24, 2.45) is 5.16 Å². The first-order valence-corrected chi connectivity index (χ1v) is 5.18. The van der Waals surface area contributed by atoms with Gasteiger partial charge in [-0.05, 0) is 13.8 Å². The summed E-state index contributed by atoms with van der Waals surface area (Å²) in [6.07, 6.45) is 2.85. The van der Waals surface area contributed by atoms with Crippen LogP contribution in [0.4, 0.5) is 4.79 Å².